The number of nitrogens with zero attached hydrogens (tertiary/aromatic N) is 3. The van der Waals surface area contributed by atoms with Crippen LogP contribution in [0.1, 0.15) is 35.7 Å². The van der Waals surface area contributed by atoms with Crippen LogP contribution in [0.3, 0.4) is 0 Å². The van der Waals surface area contributed by atoms with Crippen LogP contribution in [0, 0.1) is 13.8 Å². The van der Waals surface area contributed by atoms with Crippen LogP contribution in [0.15, 0.2) is 27.1 Å². The van der Waals surface area contributed by atoms with Crippen LogP contribution >= 0.6 is 0 Å². The molecular formula is C19H24N4O3. The summed E-state index contributed by atoms with van der Waals surface area (Å²) in [6.45, 7) is 11.3. The van der Waals surface area contributed by atoms with E-state index in [0.29, 0.717) is 12.3 Å². The zero-order valence-corrected chi connectivity index (χ0v) is 15.6. The highest BCUT2D eigenvalue weighted by Gasteiger charge is 2.21. The van der Waals surface area contributed by atoms with Crippen molar-refractivity contribution in [3.05, 3.63) is 35.2 Å². The normalized spacial score (nSPS) is 11.4. The molecular weight excluding hydrogens is 332 g/mol. The number of aromatic nitrogens is 2. The molecule has 0 aliphatic rings. The van der Waals surface area contributed by atoms with Gasteiger partial charge in [0.2, 0.25) is 5.82 Å². The third kappa shape index (κ3) is 3.48. The summed E-state index contributed by atoms with van der Waals surface area (Å²) in [6.07, 6.45) is 0. The molecule has 7 nitrogen and oxygen atoms in total. The zero-order chi connectivity index (χ0) is 18.7. The molecule has 0 saturated carbocycles. The Kier molecular flexibility index (Phi) is 5.37. The first-order chi connectivity index (χ1) is 12.5. The molecule has 3 aromatic rings. The first-order valence-electron chi connectivity index (χ1n) is 8.88. The highest BCUT2D eigenvalue weighted by molar-refractivity contribution is 5.91. The van der Waals surface area contributed by atoms with E-state index in [-0.39, 0.29) is 17.6 Å². The largest absolute Gasteiger partial charge is 0.452 e. The van der Waals surface area contributed by atoms with Crippen molar-refractivity contribution in [3.8, 4) is 11.6 Å². The van der Waals surface area contributed by atoms with Gasteiger partial charge in [0.25, 0.3) is 0 Å². The lowest BCUT2D eigenvalue weighted by molar-refractivity contribution is 0.0905. The number of carbonyl (C=O) groups excluding carboxylic acids is 1. The predicted octanol–water partition coefficient (Wildman–Crippen LogP) is 3.17. The summed E-state index contributed by atoms with van der Waals surface area (Å²) >= 11 is 0. The molecule has 0 aliphatic carbocycles. The number of furan rings is 1. The van der Waals surface area contributed by atoms with E-state index in [0.717, 1.165) is 41.7 Å². The van der Waals surface area contributed by atoms with E-state index in [4.69, 9.17) is 8.94 Å². The monoisotopic (exact) mass is 356 g/mol. The number of likely N-dealkylation sites (N-methyl/N-ethyl adjacent to an activating group) is 1. The van der Waals surface area contributed by atoms with E-state index in [1.165, 1.54) is 0 Å². The summed E-state index contributed by atoms with van der Waals surface area (Å²) < 4.78 is 11.1. The van der Waals surface area contributed by atoms with Gasteiger partial charge >= 0.3 is 11.8 Å². The van der Waals surface area contributed by atoms with Gasteiger partial charge in [-0.15, -0.1) is 0 Å². The second-order valence-corrected chi connectivity index (χ2v) is 6.21. The summed E-state index contributed by atoms with van der Waals surface area (Å²) in [4.78, 5) is 18.6. The molecule has 0 aliphatic heterocycles. The van der Waals surface area contributed by atoms with Crippen LogP contribution < -0.4 is 5.32 Å². The first kappa shape index (κ1) is 18.1. The van der Waals surface area contributed by atoms with E-state index in [1.54, 1.807) is 0 Å². The number of fused-ring (bicyclic) bond motifs is 1. The van der Waals surface area contributed by atoms with Crippen LogP contribution in [0.5, 0.6) is 0 Å². The third-order valence-electron chi connectivity index (χ3n) is 4.59. The molecule has 3 rings (SSSR count). The van der Waals surface area contributed by atoms with E-state index < -0.39 is 0 Å². The Balaban J connectivity index is 1.75. The van der Waals surface area contributed by atoms with Crippen LogP contribution in [0.4, 0.5) is 0 Å². The Hall–Kier alpha value is -2.67. The Bertz CT molecular complexity index is 909. The number of para-hydroxylation sites is 1. The van der Waals surface area contributed by atoms with Crippen molar-refractivity contribution in [2.75, 3.05) is 26.2 Å². The molecule has 0 unspecified atom stereocenters. The number of amides is 1. The number of rotatable bonds is 7. The lowest BCUT2D eigenvalue weighted by Crippen LogP contribution is -2.34. The van der Waals surface area contributed by atoms with Gasteiger partial charge in [-0.05, 0) is 32.5 Å². The molecule has 138 valence electrons. The fraction of sp³-hybridized carbons (Fsp3) is 0.421. The van der Waals surface area contributed by atoms with Crippen molar-refractivity contribution in [3.63, 3.8) is 0 Å². The van der Waals surface area contributed by atoms with Crippen LogP contribution in [-0.2, 0) is 0 Å². The predicted molar refractivity (Wildman–Crippen MR) is 99.1 cm³/mol. The minimum absolute atomic E-state index is 0.0591. The van der Waals surface area contributed by atoms with Crippen molar-refractivity contribution in [2.45, 2.75) is 27.7 Å². The maximum Gasteiger partial charge on any atom is 0.316 e. The maximum atomic E-state index is 12.2. The molecule has 0 radical (unpaired) electrons. The minimum Gasteiger partial charge on any atom is -0.452 e. The van der Waals surface area contributed by atoms with Gasteiger partial charge < -0.3 is 19.2 Å². The van der Waals surface area contributed by atoms with Crippen LogP contribution in [0.25, 0.3) is 22.6 Å². The standard InChI is InChI=1S/C19H24N4O3/c1-5-23(6-2)11-10-20-18(24)19-21-17(22-26-19)16-13(4)14-9-7-8-12(3)15(14)25-16/h7-9H,5-6,10-11H2,1-4H3,(H,20,24). The number of nitrogens with one attached hydrogen (secondary N) is 1. The van der Waals surface area contributed by atoms with E-state index in [9.17, 15) is 4.79 Å². The lowest BCUT2D eigenvalue weighted by atomic mass is 10.1. The fourth-order valence-corrected chi connectivity index (χ4v) is 2.95. The topological polar surface area (TPSA) is 84.4 Å². The molecule has 0 spiro atoms. The van der Waals surface area contributed by atoms with Crippen molar-refractivity contribution in [2.24, 2.45) is 0 Å². The highest BCUT2D eigenvalue weighted by Crippen LogP contribution is 2.32. The summed E-state index contributed by atoms with van der Waals surface area (Å²) in [6, 6.07) is 5.96. The van der Waals surface area contributed by atoms with Crippen LogP contribution in [-0.4, -0.2) is 47.1 Å². The van der Waals surface area contributed by atoms with Crippen LogP contribution in [0.2, 0.25) is 0 Å². The van der Waals surface area contributed by atoms with Gasteiger partial charge in [-0.25, -0.2) is 0 Å². The molecule has 1 N–H and O–H groups in total. The van der Waals surface area contributed by atoms with Gasteiger partial charge in [0.1, 0.15) is 5.58 Å². The van der Waals surface area contributed by atoms with Crippen molar-refractivity contribution in [1.29, 1.82) is 0 Å². The molecule has 1 amide bonds. The van der Waals surface area contributed by atoms with Gasteiger partial charge in [0, 0.05) is 24.0 Å². The van der Waals surface area contributed by atoms with Gasteiger partial charge in [0.15, 0.2) is 5.76 Å². The summed E-state index contributed by atoms with van der Waals surface area (Å²) in [5, 5.41) is 7.73. The molecule has 0 saturated heterocycles. The average Bonchev–Trinajstić information content (AvgIpc) is 3.25. The SMILES string of the molecule is CCN(CC)CCNC(=O)c1nc(-c2oc3c(C)cccc3c2C)no1. The lowest BCUT2D eigenvalue weighted by Gasteiger charge is -2.17. The summed E-state index contributed by atoms with van der Waals surface area (Å²) in [7, 11) is 0. The molecule has 1 aromatic carbocycles. The maximum absolute atomic E-state index is 12.2. The molecule has 2 heterocycles. The molecule has 26 heavy (non-hydrogen) atoms. The van der Waals surface area contributed by atoms with Crippen molar-refractivity contribution < 1.29 is 13.7 Å². The van der Waals surface area contributed by atoms with Crippen molar-refractivity contribution in [1.82, 2.24) is 20.4 Å². The van der Waals surface area contributed by atoms with Gasteiger partial charge in [-0.2, -0.15) is 4.98 Å². The number of benzene rings is 1. The minimum atomic E-state index is -0.374. The Morgan fingerprint density at radius 1 is 1.23 bits per heavy atom. The molecule has 7 heteroatoms. The molecule has 0 fully saturated rings. The van der Waals surface area contributed by atoms with Gasteiger partial charge in [-0.1, -0.05) is 37.2 Å². The van der Waals surface area contributed by atoms with Crippen molar-refractivity contribution >= 4 is 16.9 Å². The zero-order valence-electron chi connectivity index (χ0n) is 15.6. The Morgan fingerprint density at radius 3 is 2.69 bits per heavy atom. The average molecular weight is 356 g/mol. The fourth-order valence-electron chi connectivity index (χ4n) is 2.95. The van der Waals surface area contributed by atoms with E-state index >= 15 is 0 Å². The second kappa shape index (κ2) is 7.70. The van der Waals surface area contributed by atoms with E-state index in [1.807, 2.05) is 32.0 Å². The van der Waals surface area contributed by atoms with Gasteiger partial charge in [-0.3, -0.25) is 4.79 Å². The second-order valence-electron chi connectivity index (χ2n) is 6.21. The number of hydrogen-bond acceptors (Lipinski definition) is 6. The molecule has 2 aromatic heterocycles. The third-order valence-corrected chi connectivity index (χ3v) is 4.59. The highest BCUT2D eigenvalue weighted by atomic mass is 16.5. The number of hydrogen-bond donors (Lipinski definition) is 1. The Labute approximate surface area is 152 Å². The Morgan fingerprint density at radius 2 is 2.00 bits per heavy atom. The summed E-state index contributed by atoms with van der Waals surface area (Å²) in [5.74, 6) is 0.379. The summed E-state index contributed by atoms with van der Waals surface area (Å²) in [5.41, 5.74) is 2.77. The van der Waals surface area contributed by atoms with Gasteiger partial charge in [0.05, 0.1) is 0 Å². The van der Waals surface area contributed by atoms with E-state index in [2.05, 4.69) is 34.2 Å². The quantitative estimate of drug-likeness (QED) is 0.700. The first-order valence-corrected chi connectivity index (χ1v) is 8.88. The number of aryl methyl sites for hydroxylation is 2. The molecule has 0 atom stereocenters. The number of carbonyl (C=O) groups is 1. The smallest absolute Gasteiger partial charge is 0.316 e. The molecule has 0 bridgehead atoms.